The monoisotopic (exact) mass is 455 g/mol. The number of halogens is 3. The van der Waals surface area contributed by atoms with Crippen LogP contribution in [0.4, 0.5) is 9.57 Å². The zero-order chi connectivity index (χ0) is 21.4. The Labute approximate surface area is 178 Å². The highest BCUT2D eigenvalue weighted by atomic mass is 35.5. The molecule has 0 aliphatic rings. The van der Waals surface area contributed by atoms with Gasteiger partial charge in [-0.2, -0.15) is 13.6 Å². The molecule has 0 aromatic heterocycles. The molecule has 0 aliphatic carbocycles. The van der Waals surface area contributed by atoms with Gasteiger partial charge in [0.15, 0.2) is 5.69 Å². The molecule has 0 aliphatic heterocycles. The number of allylic oxidation sites excluding steroid dienone is 6. The Kier molecular flexibility index (Phi) is 8.33. The Hall–Kier alpha value is -2.26. The molecule has 0 radical (unpaired) electrons. The van der Waals surface area contributed by atoms with Gasteiger partial charge in [0.25, 0.3) is 0 Å². The molecule has 0 bridgehead atoms. The van der Waals surface area contributed by atoms with Gasteiger partial charge in [0.1, 0.15) is 0 Å². The summed E-state index contributed by atoms with van der Waals surface area (Å²) in [5.41, 5.74) is 1.36. The molecular formula is C20H16Cl2FNO4S. The highest BCUT2D eigenvalue weighted by Gasteiger charge is 2.12. The largest absolute Gasteiger partial charge is 0.595 e. The molecule has 0 spiro atoms. The fourth-order valence-electron chi connectivity index (χ4n) is 2.17. The van der Waals surface area contributed by atoms with Crippen molar-refractivity contribution in [3.63, 3.8) is 0 Å². The van der Waals surface area contributed by atoms with Gasteiger partial charge >= 0.3 is 10.2 Å². The molecule has 0 saturated heterocycles. The highest BCUT2D eigenvalue weighted by molar-refractivity contribution is 7.86. The maximum Gasteiger partial charge on any atom is 0.332 e. The molecule has 0 amide bonds. The van der Waals surface area contributed by atoms with Crippen molar-refractivity contribution < 1.29 is 22.7 Å². The van der Waals surface area contributed by atoms with Crippen LogP contribution in [0.3, 0.4) is 0 Å². The number of rotatable bonds is 7. The van der Waals surface area contributed by atoms with E-state index >= 15 is 0 Å². The maximum atomic E-state index is 12.9. The first-order valence-corrected chi connectivity index (χ1v) is 10.3. The summed E-state index contributed by atoms with van der Waals surface area (Å²) < 4.78 is 34.6. The van der Waals surface area contributed by atoms with Crippen LogP contribution in [0.1, 0.15) is 11.1 Å². The Morgan fingerprint density at radius 1 is 0.862 bits per heavy atom. The van der Waals surface area contributed by atoms with Crippen molar-refractivity contribution in [3.8, 4) is 0 Å². The fraction of sp³-hybridized carbons (Fsp3) is 0. The molecule has 9 heteroatoms. The van der Waals surface area contributed by atoms with Gasteiger partial charge in [0, 0.05) is 17.2 Å². The standard InChI is InChI=1S/C20H16Cl2FNO4S/c21-19-13-17(24(25)26)11-9-15(19)7-5-3-1-2-4-6-8-16-10-12-18(14-20(16)22)29(23,27)28/h1-14,24-25H/b3-1+,4-2+,7-5+,8-6+. The lowest BCUT2D eigenvalue weighted by atomic mass is 10.2. The molecule has 0 heterocycles. The quantitative estimate of drug-likeness (QED) is 0.353. The van der Waals surface area contributed by atoms with Gasteiger partial charge < -0.3 is 5.21 Å². The minimum atomic E-state index is -4.78. The zero-order valence-corrected chi connectivity index (χ0v) is 17.1. The summed E-state index contributed by atoms with van der Waals surface area (Å²) in [5, 5.41) is 19.2. The maximum absolute atomic E-state index is 12.9. The molecule has 0 fully saturated rings. The zero-order valence-electron chi connectivity index (χ0n) is 14.8. The van der Waals surface area contributed by atoms with Crippen LogP contribution in [0.5, 0.6) is 0 Å². The van der Waals surface area contributed by atoms with Crippen molar-refractivity contribution in [1.82, 2.24) is 0 Å². The van der Waals surface area contributed by atoms with Crippen molar-refractivity contribution >= 4 is 51.3 Å². The Morgan fingerprint density at radius 2 is 1.34 bits per heavy atom. The van der Waals surface area contributed by atoms with Gasteiger partial charge in [-0.05, 0) is 29.3 Å². The van der Waals surface area contributed by atoms with Crippen molar-refractivity contribution in [1.29, 1.82) is 0 Å². The lowest BCUT2D eigenvalue weighted by Crippen LogP contribution is -2.99. The Balaban J connectivity index is 1.93. The molecule has 152 valence electrons. The van der Waals surface area contributed by atoms with Crippen molar-refractivity contribution in [2.75, 3.05) is 0 Å². The molecule has 2 rings (SSSR count). The second-order valence-corrected chi connectivity index (χ2v) is 7.81. The Bertz CT molecular complexity index is 1090. The van der Waals surface area contributed by atoms with Gasteiger partial charge in [-0.15, -0.1) is 3.89 Å². The number of hydrogen-bond acceptors (Lipinski definition) is 4. The van der Waals surface area contributed by atoms with Gasteiger partial charge in [-0.1, -0.05) is 77.9 Å². The molecule has 1 atom stereocenters. The van der Waals surface area contributed by atoms with Crippen LogP contribution in [0.15, 0.2) is 77.7 Å². The summed E-state index contributed by atoms with van der Waals surface area (Å²) in [6.07, 6.45) is 13.9. The minimum absolute atomic E-state index is 0.123. The van der Waals surface area contributed by atoms with E-state index in [4.69, 9.17) is 28.4 Å². The molecule has 2 N–H and O–H groups in total. The molecule has 2 aromatic rings. The van der Waals surface area contributed by atoms with Crippen LogP contribution in [0, 0.1) is 5.21 Å². The van der Waals surface area contributed by atoms with E-state index in [0.29, 0.717) is 16.1 Å². The van der Waals surface area contributed by atoms with Crippen molar-refractivity contribution in [3.05, 3.63) is 99.2 Å². The van der Waals surface area contributed by atoms with Crippen LogP contribution in [0.2, 0.25) is 10.0 Å². The van der Waals surface area contributed by atoms with Gasteiger partial charge in [-0.3, -0.25) is 0 Å². The van der Waals surface area contributed by atoms with E-state index in [9.17, 15) is 17.5 Å². The molecule has 5 nitrogen and oxygen atoms in total. The minimum Gasteiger partial charge on any atom is -0.595 e. The lowest BCUT2D eigenvalue weighted by Gasteiger charge is -2.11. The first-order chi connectivity index (χ1) is 13.7. The topological polar surface area (TPSA) is 81.9 Å². The van der Waals surface area contributed by atoms with E-state index < -0.39 is 20.3 Å². The van der Waals surface area contributed by atoms with Crippen LogP contribution < -0.4 is 5.23 Å². The fourth-order valence-corrected chi connectivity index (χ4v) is 3.21. The van der Waals surface area contributed by atoms with E-state index in [1.54, 1.807) is 54.7 Å². The van der Waals surface area contributed by atoms with Crippen LogP contribution in [-0.4, -0.2) is 13.6 Å². The van der Waals surface area contributed by atoms with E-state index in [1.807, 2.05) is 0 Å². The second-order valence-electron chi connectivity index (χ2n) is 5.65. The third-order valence-electron chi connectivity index (χ3n) is 3.61. The van der Waals surface area contributed by atoms with Gasteiger partial charge in [-0.25, -0.2) is 5.21 Å². The average Bonchev–Trinajstić information content (AvgIpc) is 2.65. The van der Waals surface area contributed by atoms with Crippen LogP contribution in [0.25, 0.3) is 12.2 Å². The van der Waals surface area contributed by atoms with E-state index in [-0.39, 0.29) is 10.7 Å². The lowest BCUT2D eigenvalue weighted by molar-refractivity contribution is -0.991. The number of hydrogen-bond donors (Lipinski definition) is 2. The SMILES string of the molecule is O=S(=O)(F)c1ccc(/C=C/C=C/C=C/C=C/c2ccc([NH+]([O-])O)cc2Cl)c(Cl)c1. The number of benzene rings is 2. The summed E-state index contributed by atoms with van der Waals surface area (Å²) in [6.45, 7) is 0. The summed E-state index contributed by atoms with van der Waals surface area (Å²) in [7, 11) is -4.78. The number of quaternary nitrogens is 1. The summed E-state index contributed by atoms with van der Waals surface area (Å²) in [5.74, 6) is 0. The van der Waals surface area contributed by atoms with Gasteiger partial charge in [0.2, 0.25) is 0 Å². The van der Waals surface area contributed by atoms with E-state index in [1.165, 1.54) is 18.2 Å². The van der Waals surface area contributed by atoms with Crippen LogP contribution >= 0.6 is 23.2 Å². The average molecular weight is 456 g/mol. The highest BCUT2D eigenvalue weighted by Crippen LogP contribution is 2.23. The molecular weight excluding hydrogens is 440 g/mol. The second kappa shape index (κ2) is 10.5. The van der Waals surface area contributed by atoms with Crippen molar-refractivity contribution in [2.24, 2.45) is 0 Å². The predicted octanol–water partition coefficient (Wildman–Crippen LogP) is 4.89. The predicted molar refractivity (Wildman–Crippen MR) is 113 cm³/mol. The first kappa shape index (κ1) is 23.0. The summed E-state index contributed by atoms with van der Waals surface area (Å²) in [6, 6.07) is 8.10. The molecule has 1 unspecified atom stereocenters. The van der Waals surface area contributed by atoms with E-state index in [2.05, 4.69) is 0 Å². The molecule has 0 saturated carbocycles. The first-order valence-electron chi connectivity index (χ1n) is 8.13. The summed E-state index contributed by atoms with van der Waals surface area (Å²) in [4.78, 5) is -0.484. The van der Waals surface area contributed by atoms with Crippen molar-refractivity contribution in [2.45, 2.75) is 4.90 Å². The molecule has 29 heavy (non-hydrogen) atoms. The summed E-state index contributed by atoms with van der Waals surface area (Å²) >= 11 is 12.0. The molecule has 2 aromatic carbocycles. The number of nitrogens with one attached hydrogen (secondary N) is 1. The Morgan fingerprint density at radius 3 is 1.79 bits per heavy atom. The van der Waals surface area contributed by atoms with Crippen LogP contribution in [-0.2, 0) is 10.2 Å². The van der Waals surface area contributed by atoms with E-state index in [0.717, 1.165) is 12.1 Å². The smallest absolute Gasteiger partial charge is 0.332 e. The third kappa shape index (κ3) is 7.25. The van der Waals surface area contributed by atoms with Gasteiger partial charge in [0.05, 0.1) is 9.92 Å². The third-order valence-corrected chi connectivity index (χ3v) is 5.08. The normalized spacial score (nSPS) is 14.0.